The zero-order valence-electron chi connectivity index (χ0n) is 12.3. The molecule has 0 amide bonds. The molecule has 0 heterocycles. The highest BCUT2D eigenvalue weighted by molar-refractivity contribution is 5.55. The van der Waals surface area contributed by atoms with Gasteiger partial charge in [-0.05, 0) is 43.5 Å². The smallest absolute Gasteiger partial charge is 0.312 e. The zero-order valence-corrected chi connectivity index (χ0v) is 12.3. The first kappa shape index (κ1) is 15.4. The first-order chi connectivity index (χ1) is 10.3. The van der Waals surface area contributed by atoms with Gasteiger partial charge in [-0.1, -0.05) is 6.07 Å². The topological polar surface area (TPSA) is 95.5 Å². The Bertz CT molecular complexity index is 771. The third-order valence-corrected chi connectivity index (χ3v) is 3.36. The molecule has 0 bridgehead atoms. The predicted molar refractivity (Wildman–Crippen MR) is 80.5 cm³/mol. The number of rotatable bonds is 4. The number of benzene rings is 2. The number of aryl methyl sites for hydroxylation is 3. The summed E-state index contributed by atoms with van der Waals surface area (Å²) >= 11 is 0. The molecule has 0 aliphatic rings. The van der Waals surface area contributed by atoms with Crippen molar-refractivity contribution in [1.82, 2.24) is 0 Å². The number of ether oxygens (including phenoxy) is 1. The second-order valence-electron chi connectivity index (χ2n) is 4.97. The second-order valence-corrected chi connectivity index (χ2v) is 4.97. The minimum absolute atomic E-state index is 0.148. The van der Waals surface area contributed by atoms with Gasteiger partial charge in [0.15, 0.2) is 0 Å². The summed E-state index contributed by atoms with van der Waals surface area (Å²) in [5, 5.41) is 21.9. The molecule has 0 aliphatic carbocycles. The van der Waals surface area contributed by atoms with Crippen LogP contribution < -0.4 is 4.74 Å². The first-order valence-electron chi connectivity index (χ1n) is 6.48. The second kappa shape index (κ2) is 5.80. The van der Waals surface area contributed by atoms with Crippen molar-refractivity contribution in [3.05, 3.63) is 67.3 Å². The minimum Gasteiger partial charge on any atom is -0.450 e. The number of non-ortho nitro benzene ring substituents is 1. The predicted octanol–water partition coefficient (Wildman–Crippen LogP) is 4.22. The zero-order chi connectivity index (χ0) is 16.4. The molecule has 7 nitrogen and oxygen atoms in total. The molecule has 0 spiro atoms. The van der Waals surface area contributed by atoms with Gasteiger partial charge in [-0.2, -0.15) is 0 Å². The summed E-state index contributed by atoms with van der Waals surface area (Å²) in [6, 6.07) is 6.87. The summed E-state index contributed by atoms with van der Waals surface area (Å²) < 4.78 is 5.58. The number of nitro groups is 2. The molecule has 0 fully saturated rings. The lowest BCUT2D eigenvalue weighted by Gasteiger charge is -2.11. The fourth-order valence-electron chi connectivity index (χ4n) is 2.01. The van der Waals surface area contributed by atoms with Crippen LogP contribution in [0.25, 0.3) is 0 Å². The Morgan fingerprint density at radius 1 is 0.818 bits per heavy atom. The third-order valence-electron chi connectivity index (χ3n) is 3.36. The van der Waals surface area contributed by atoms with E-state index in [0.717, 1.165) is 34.9 Å². The maximum absolute atomic E-state index is 11.1. The molecule has 22 heavy (non-hydrogen) atoms. The summed E-state index contributed by atoms with van der Waals surface area (Å²) in [4.78, 5) is 20.6. The average Bonchev–Trinajstić information content (AvgIpc) is 2.44. The van der Waals surface area contributed by atoms with Crippen molar-refractivity contribution < 1.29 is 14.6 Å². The molecule has 0 radical (unpaired) electrons. The van der Waals surface area contributed by atoms with E-state index in [1.165, 1.54) is 0 Å². The highest BCUT2D eigenvalue weighted by Gasteiger charge is 2.21. The van der Waals surface area contributed by atoms with Crippen molar-refractivity contribution >= 4 is 11.4 Å². The minimum atomic E-state index is -0.630. The molecule has 0 N–H and O–H groups in total. The van der Waals surface area contributed by atoms with Crippen molar-refractivity contribution in [1.29, 1.82) is 0 Å². The largest absolute Gasteiger partial charge is 0.450 e. The highest BCUT2D eigenvalue weighted by atomic mass is 16.6. The van der Waals surface area contributed by atoms with E-state index in [2.05, 4.69) is 0 Å². The number of nitrogens with zero attached hydrogens (tertiary/aromatic N) is 2. The molecule has 0 atom stereocenters. The van der Waals surface area contributed by atoms with Gasteiger partial charge in [-0.3, -0.25) is 20.2 Å². The monoisotopic (exact) mass is 302 g/mol. The van der Waals surface area contributed by atoms with Crippen LogP contribution in [0.5, 0.6) is 11.5 Å². The molecule has 2 aromatic carbocycles. The van der Waals surface area contributed by atoms with E-state index in [1.54, 1.807) is 6.07 Å². The molecule has 0 aromatic heterocycles. The Hall–Kier alpha value is -2.96. The molecule has 2 rings (SSSR count). The lowest BCUT2D eigenvalue weighted by atomic mass is 10.1. The molecule has 2 aromatic rings. The standard InChI is InChI=1S/C15H14N2O5/c1-9-6-11(3)14(7-10(9)2)22-15-8-12(16(18)19)4-5-13(15)17(20)21/h4-8H,1-3H3. The third kappa shape index (κ3) is 3.03. The summed E-state index contributed by atoms with van der Waals surface area (Å²) in [5.74, 6) is 0.289. The van der Waals surface area contributed by atoms with Crippen LogP contribution in [0.1, 0.15) is 16.7 Å². The summed E-state index contributed by atoms with van der Waals surface area (Å²) in [7, 11) is 0. The van der Waals surface area contributed by atoms with E-state index in [0.29, 0.717) is 5.75 Å². The van der Waals surface area contributed by atoms with Gasteiger partial charge in [0.1, 0.15) is 5.75 Å². The number of hydrogen-bond donors (Lipinski definition) is 0. The van der Waals surface area contributed by atoms with Crippen LogP contribution in [-0.4, -0.2) is 9.85 Å². The van der Waals surface area contributed by atoms with Gasteiger partial charge in [0.05, 0.1) is 15.9 Å². The average molecular weight is 302 g/mol. The molecule has 7 heteroatoms. The molecular weight excluding hydrogens is 288 g/mol. The van der Waals surface area contributed by atoms with Crippen molar-refractivity contribution in [2.75, 3.05) is 0 Å². The Labute approximate surface area is 126 Å². The van der Waals surface area contributed by atoms with E-state index >= 15 is 0 Å². The van der Waals surface area contributed by atoms with Gasteiger partial charge in [0.25, 0.3) is 5.69 Å². The fraction of sp³-hybridized carbons (Fsp3) is 0.200. The van der Waals surface area contributed by atoms with E-state index in [1.807, 2.05) is 26.8 Å². The van der Waals surface area contributed by atoms with Crippen molar-refractivity contribution in [2.45, 2.75) is 20.8 Å². The van der Waals surface area contributed by atoms with Crippen molar-refractivity contribution in [3.8, 4) is 11.5 Å². The van der Waals surface area contributed by atoms with Gasteiger partial charge in [-0.15, -0.1) is 0 Å². The molecular formula is C15H14N2O5. The molecule has 0 saturated heterocycles. The van der Waals surface area contributed by atoms with Crippen LogP contribution >= 0.6 is 0 Å². The van der Waals surface area contributed by atoms with Gasteiger partial charge in [0.2, 0.25) is 5.75 Å². The molecule has 0 unspecified atom stereocenters. The van der Waals surface area contributed by atoms with Gasteiger partial charge >= 0.3 is 5.69 Å². The molecule has 114 valence electrons. The summed E-state index contributed by atoms with van der Waals surface area (Å²) in [6.07, 6.45) is 0. The Kier molecular flexibility index (Phi) is 4.07. The van der Waals surface area contributed by atoms with Gasteiger partial charge in [-0.25, -0.2) is 0 Å². The summed E-state index contributed by atoms with van der Waals surface area (Å²) in [5.41, 5.74) is 2.25. The number of nitro benzene ring substituents is 2. The number of hydrogen-bond acceptors (Lipinski definition) is 5. The van der Waals surface area contributed by atoms with E-state index < -0.39 is 9.85 Å². The SMILES string of the molecule is Cc1cc(C)c(Oc2cc([N+](=O)[O-])ccc2[N+](=O)[O-])cc1C. The normalized spacial score (nSPS) is 10.3. The van der Waals surface area contributed by atoms with Crippen LogP contribution in [0.2, 0.25) is 0 Å². The summed E-state index contributed by atoms with van der Waals surface area (Å²) in [6.45, 7) is 5.65. The maximum Gasteiger partial charge on any atom is 0.312 e. The van der Waals surface area contributed by atoms with Gasteiger partial charge in [0, 0.05) is 12.1 Å². The first-order valence-corrected chi connectivity index (χ1v) is 6.48. The van der Waals surface area contributed by atoms with E-state index in [-0.39, 0.29) is 17.1 Å². The maximum atomic E-state index is 11.1. The Balaban J connectivity index is 2.52. The van der Waals surface area contributed by atoms with E-state index in [9.17, 15) is 20.2 Å². The fourth-order valence-corrected chi connectivity index (χ4v) is 2.01. The van der Waals surface area contributed by atoms with Crippen molar-refractivity contribution in [3.63, 3.8) is 0 Å². The Morgan fingerprint density at radius 2 is 1.45 bits per heavy atom. The highest BCUT2D eigenvalue weighted by Crippen LogP contribution is 2.36. The van der Waals surface area contributed by atoms with Crippen LogP contribution in [-0.2, 0) is 0 Å². The Morgan fingerprint density at radius 3 is 2.05 bits per heavy atom. The lowest BCUT2D eigenvalue weighted by Crippen LogP contribution is -1.97. The lowest BCUT2D eigenvalue weighted by molar-refractivity contribution is -0.389. The van der Waals surface area contributed by atoms with Crippen LogP contribution in [0.15, 0.2) is 30.3 Å². The van der Waals surface area contributed by atoms with Crippen LogP contribution in [0.3, 0.4) is 0 Å². The van der Waals surface area contributed by atoms with Crippen LogP contribution in [0.4, 0.5) is 11.4 Å². The quantitative estimate of drug-likeness (QED) is 0.622. The van der Waals surface area contributed by atoms with Gasteiger partial charge < -0.3 is 4.74 Å². The van der Waals surface area contributed by atoms with E-state index in [4.69, 9.17) is 4.74 Å². The van der Waals surface area contributed by atoms with Crippen LogP contribution in [0, 0.1) is 41.0 Å². The van der Waals surface area contributed by atoms with Crippen molar-refractivity contribution in [2.24, 2.45) is 0 Å². The molecule has 0 saturated carbocycles. The molecule has 0 aliphatic heterocycles.